The van der Waals surface area contributed by atoms with Crippen LogP contribution in [0.1, 0.15) is 10.5 Å². The SMILES string of the molecule is O=C(Nc1ccc2c(c1)OCO2)c1ccc(Nc2ccc(F)cc2F)cn1. The number of anilines is 3. The fourth-order valence-electron chi connectivity index (χ4n) is 2.52. The molecule has 1 aliphatic rings. The summed E-state index contributed by atoms with van der Waals surface area (Å²) in [5.41, 5.74) is 1.29. The molecule has 0 saturated carbocycles. The summed E-state index contributed by atoms with van der Waals surface area (Å²) >= 11 is 0. The van der Waals surface area contributed by atoms with Gasteiger partial charge in [-0.1, -0.05) is 0 Å². The molecule has 27 heavy (non-hydrogen) atoms. The summed E-state index contributed by atoms with van der Waals surface area (Å²) in [6.45, 7) is 0.150. The Morgan fingerprint density at radius 1 is 0.963 bits per heavy atom. The summed E-state index contributed by atoms with van der Waals surface area (Å²) in [5.74, 6) is -0.615. The van der Waals surface area contributed by atoms with E-state index in [0.717, 1.165) is 12.1 Å². The number of carbonyl (C=O) groups excluding carboxylic acids is 1. The number of rotatable bonds is 4. The third kappa shape index (κ3) is 3.64. The van der Waals surface area contributed by atoms with Crippen molar-refractivity contribution in [2.75, 3.05) is 17.4 Å². The van der Waals surface area contributed by atoms with Crippen molar-refractivity contribution < 1.29 is 23.0 Å². The van der Waals surface area contributed by atoms with Crippen molar-refractivity contribution in [3.8, 4) is 11.5 Å². The molecular formula is C19H13F2N3O3. The Morgan fingerprint density at radius 3 is 2.56 bits per heavy atom. The topological polar surface area (TPSA) is 72.5 Å². The molecule has 1 aromatic heterocycles. The normalized spacial score (nSPS) is 11.9. The number of ether oxygens (including phenoxy) is 2. The fraction of sp³-hybridized carbons (Fsp3) is 0.0526. The van der Waals surface area contributed by atoms with Crippen molar-refractivity contribution in [3.63, 3.8) is 0 Å². The molecule has 0 spiro atoms. The number of aromatic nitrogens is 1. The first kappa shape index (κ1) is 16.8. The van der Waals surface area contributed by atoms with Gasteiger partial charge in [0.05, 0.1) is 17.6 Å². The van der Waals surface area contributed by atoms with E-state index in [2.05, 4.69) is 15.6 Å². The largest absolute Gasteiger partial charge is 0.454 e. The maximum Gasteiger partial charge on any atom is 0.274 e. The molecule has 0 saturated heterocycles. The number of pyridine rings is 1. The molecule has 2 heterocycles. The molecule has 136 valence electrons. The molecule has 4 rings (SSSR count). The lowest BCUT2D eigenvalue weighted by atomic mass is 10.2. The molecular weight excluding hydrogens is 356 g/mol. The van der Waals surface area contributed by atoms with Gasteiger partial charge in [0.2, 0.25) is 6.79 Å². The summed E-state index contributed by atoms with van der Waals surface area (Å²) in [6, 6.07) is 11.3. The van der Waals surface area contributed by atoms with Gasteiger partial charge in [-0.2, -0.15) is 0 Å². The van der Waals surface area contributed by atoms with Crippen LogP contribution >= 0.6 is 0 Å². The van der Waals surface area contributed by atoms with E-state index in [1.165, 1.54) is 18.3 Å². The Bertz CT molecular complexity index is 1010. The number of hydrogen-bond donors (Lipinski definition) is 2. The molecule has 8 heteroatoms. The second kappa shape index (κ2) is 6.91. The number of nitrogens with one attached hydrogen (secondary N) is 2. The molecule has 0 unspecified atom stereocenters. The third-order valence-corrected chi connectivity index (χ3v) is 3.84. The predicted molar refractivity (Wildman–Crippen MR) is 94.4 cm³/mol. The van der Waals surface area contributed by atoms with Gasteiger partial charge in [0.1, 0.15) is 17.3 Å². The molecule has 1 amide bonds. The quantitative estimate of drug-likeness (QED) is 0.725. The van der Waals surface area contributed by atoms with Crippen molar-refractivity contribution in [1.29, 1.82) is 0 Å². The van der Waals surface area contributed by atoms with Gasteiger partial charge >= 0.3 is 0 Å². The van der Waals surface area contributed by atoms with Gasteiger partial charge in [0, 0.05) is 17.8 Å². The average Bonchev–Trinajstić information content (AvgIpc) is 3.12. The Balaban J connectivity index is 1.44. The van der Waals surface area contributed by atoms with Crippen LogP contribution in [0.15, 0.2) is 54.7 Å². The van der Waals surface area contributed by atoms with Crippen LogP contribution in [-0.4, -0.2) is 17.7 Å². The molecule has 2 N–H and O–H groups in total. The van der Waals surface area contributed by atoms with E-state index in [9.17, 15) is 13.6 Å². The van der Waals surface area contributed by atoms with Crippen LogP contribution in [0.5, 0.6) is 11.5 Å². The molecule has 6 nitrogen and oxygen atoms in total. The lowest BCUT2D eigenvalue weighted by molar-refractivity contribution is 0.102. The molecule has 0 atom stereocenters. The number of benzene rings is 2. The number of fused-ring (bicyclic) bond motifs is 1. The van der Waals surface area contributed by atoms with E-state index in [1.807, 2.05) is 0 Å². The van der Waals surface area contributed by atoms with Gasteiger partial charge in [-0.25, -0.2) is 13.8 Å². The summed E-state index contributed by atoms with van der Waals surface area (Å²) in [6.07, 6.45) is 1.39. The van der Waals surface area contributed by atoms with Crippen molar-refractivity contribution in [2.24, 2.45) is 0 Å². The highest BCUT2D eigenvalue weighted by molar-refractivity contribution is 6.03. The zero-order valence-electron chi connectivity index (χ0n) is 13.8. The van der Waals surface area contributed by atoms with Crippen molar-refractivity contribution in [2.45, 2.75) is 0 Å². The van der Waals surface area contributed by atoms with E-state index < -0.39 is 17.5 Å². The highest BCUT2D eigenvalue weighted by atomic mass is 19.1. The average molecular weight is 369 g/mol. The Hall–Kier alpha value is -3.68. The summed E-state index contributed by atoms with van der Waals surface area (Å²) in [7, 11) is 0. The maximum atomic E-state index is 13.7. The molecule has 0 radical (unpaired) electrons. The number of carbonyl (C=O) groups is 1. The Labute approximate surface area is 152 Å². The minimum absolute atomic E-state index is 0.107. The summed E-state index contributed by atoms with van der Waals surface area (Å²) in [4.78, 5) is 16.4. The molecule has 0 fully saturated rings. The molecule has 3 aromatic rings. The molecule has 2 aromatic carbocycles. The monoisotopic (exact) mass is 369 g/mol. The minimum Gasteiger partial charge on any atom is -0.454 e. The van der Waals surface area contributed by atoms with Gasteiger partial charge in [-0.3, -0.25) is 4.79 Å². The molecule has 0 aliphatic carbocycles. The van der Waals surface area contributed by atoms with Crippen LogP contribution in [0.3, 0.4) is 0 Å². The number of nitrogens with zero attached hydrogens (tertiary/aromatic N) is 1. The smallest absolute Gasteiger partial charge is 0.274 e. The Kier molecular flexibility index (Phi) is 4.29. The zero-order valence-corrected chi connectivity index (χ0v) is 13.8. The van der Waals surface area contributed by atoms with Crippen LogP contribution in [-0.2, 0) is 0 Å². The van der Waals surface area contributed by atoms with Gasteiger partial charge in [-0.15, -0.1) is 0 Å². The lowest BCUT2D eigenvalue weighted by Gasteiger charge is -2.09. The molecule has 1 aliphatic heterocycles. The number of amides is 1. The number of hydrogen-bond acceptors (Lipinski definition) is 5. The second-order valence-corrected chi connectivity index (χ2v) is 5.70. The van der Waals surface area contributed by atoms with E-state index in [0.29, 0.717) is 22.9 Å². The van der Waals surface area contributed by atoms with Crippen LogP contribution in [0, 0.1) is 11.6 Å². The maximum absolute atomic E-state index is 13.7. The standard InChI is InChI=1S/C19H13F2N3O3/c20-11-1-4-15(14(21)7-11)23-13-2-5-16(22-9-13)19(25)24-12-3-6-17-18(8-12)27-10-26-17/h1-9,23H,10H2,(H,24,25). The first-order valence-electron chi connectivity index (χ1n) is 7.97. The van der Waals surface area contributed by atoms with E-state index in [1.54, 1.807) is 24.3 Å². The zero-order chi connectivity index (χ0) is 18.8. The minimum atomic E-state index is -0.723. The highest BCUT2D eigenvalue weighted by Crippen LogP contribution is 2.34. The molecule has 0 bridgehead atoms. The van der Waals surface area contributed by atoms with Gasteiger partial charge in [0.15, 0.2) is 11.5 Å². The Morgan fingerprint density at radius 2 is 1.78 bits per heavy atom. The van der Waals surface area contributed by atoms with Gasteiger partial charge < -0.3 is 20.1 Å². The lowest BCUT2D eigenvalue weighted by Crippen LogP contribution is -2.13. The van der Waals surface area contributed by atoms with Crippen LogP contribution in [0.25, 0.3) is 0 Å². The predicted octanol–water partition coefficient (Wildman–Crippen LogP) is 4.08. The van der Waals surface area contributed by atoms with Crippen molar-refractivity contribution in [1.82, 2.24) is 4.98 Å². The van der Waals surface area contributed by atoms with Gasteiger partial charge in [0.25, 0.3) is 5.91 Å². The van der Waals surface area contributed by atoms with Crippen LogP contribution < -0.4 is 20.1 Å². The fourth-order valence-corrected chi connectivity index (χ4v) is 2.52. The van der Waals surface area contributed by atoms with E-state index in [-0.39, 0.29) is 18.2 Å². The van der Waals surface area contributed by atoms with Crippen LogP contribution in [0.2, 0.25) is 0 Å². The first-order chi connectivity index (χ1) is 13.1. The van der Waals surface area contributed by atoms with Gasteiger partial charge in [-0.05, 0) is 36.4 Å². The third-order valence-electron chi connectivity index (χ3n) is 3.84. The van der Waals surface area contributed by atoms with Crippen LogP contribution in [0.4, 0.5) is 25.8 Å². The summed E-state index contributed by atoms with van der Waals surface area (Å²) < 4.78 is 37.1. The highest BCUT2D eigenvalue weighted by Gasteiger charge is 2.15. The number of halogens is 2. The van der Waals surface area contributed by atoms with E-state index in [4.69, 9.17) is 9.47 Å². The van der Waals surface area contributed by atoms with Crippen molar-refractivity contribution in [3.05, 3.63) is 72.1 Å². The van der Waals surface area contributed by atoms with E-state index >= 15 is 0 Å². The van der Waals surface area contributed by atoms with Crippen molar-refractivity contribution >= 4 is 23.0 Å². The first-order valence-corrected chi connectivity index (χ1v) is 7.97. The summed E-state index contributed by atoms with van der Waals surface area (Å²) in [5, 5.41) is 5.49. The second-order valence-electron chi connectivity index (χ2n) is 5.70.